The molecule has 1 atom stereocenters. The number of hydrogen-bond acceptors (Lipinski definition) is 6. The van der Waals surface area contributed by atoms with Gasteiger partial charge in [-0.05, 0) is 17.5 Å². The number of rotatable bonds is 3. The standard InChI is InChI=1S/C18H16N2O4/c1-2-10-3-5-11(6-4-10)15-13(8-19)18(20)24-16-14(22)7-12(9-21)23-17(15)16/h3-7,15,21H,2,9,20H2,1H3. The van der Waals surface area contributed by atoms with Crippen molar-refractivity contribution < 1.29 is 14.3 Å². The molecule has 0 saturated heterocycles. The van der Waals surface area contributed by atoms with Gasteiger partial charge in [0, 0.05) is 6.07 Å². The first kappa shape index (κ1) is 15.8. The van der Waals surface area contributed by atoms with Gasteiger partial charge in [0.15, 0.2) is 5.76 Å². The van der Waals surface area contributed by atoms with Crippen molar-refractivity contribution in [1.82, 2.24) is 0 Å². The molecule has 0 aliphatic carbocycles. The summed E-state index contributed by atoms with van der Waals surface area (Å²) in [5.74, 6) is -0.521. The second-order valence-corrected chi connectivity index (χ2v) is 5.45. The zero-order chi connectivity index (χ0) is 17.3. The Morgan fingerprint density at radius 1 is 1.33 bits per heavy atom. The fraction of sp³-hybridized carbons (Fsp3) is 0.222. The van der Waals surface area contributed by atoms with Gasteiger partial charge in [0.1, 0.15) is 24.0 Å². The van der Waals surface area contributed by atoms with E-state index < -0.39 is 18.0 Å². The lowest BCUT2D eigenvalue weighted by atomic mass is 9.87. The van der Waals surface area contributed by atoms with Gasteiger partial charge in [-0.2, -0.15) is 5.26 Å². The summed E-state index contributed by atoms with van der Waals surface area (Å²) in [5.41, 5.74) is 7.46. The zero-order valence-electron chi connectivity index (χ0n) is 13.1. The second kappa shape index (κ2) is 6.22. The van der Waals surface area contributed by atoms with Crippen LogP contribution in [0.3, 0.4) is 0 Å². The van der Waals surface area contributed by atoms with Crippen LogP contribution in [0.4, 0.5) is 0 Å². The molecule has 1 aromatic heterocycles. The molecule has 0 bridgehead atoms. The summed E-state index contributed by atoms with van der Waals surface area (Å²) < 4.78 is 10.9. The smallest absolute Gasteiger partial charge is 0.228 e. The van der Waals surface area contributed by atoms with E-state index in [-0.39, 0.29) is 28.7 Å². The van der Waals surface area contributed by atoms with Crippen LogP contribution in [0.15, 0.2) is 51.0 Å². The maximum atomic E-state index is 12.2. The first-order chi connectivity index (χ1) is 11.6. The van der Waals surface area contributed by atoms with Crippen LogP contribution in [0.25, 0.3) is 0 Å². The number of aryl methyl sites for hydroxylation is 1. The van der Waals surface area contributed by atoms with Crippen molar-refractivity contribution >= 4 is 0 Å². The van der Waals surface area contributed by atoms with E-state index in [1.807, 2.05) is 37.3 Å². The van der Waals surface area contributed by atoms with Crippen molar-refractivity contribution in [2.75, 3.05) is 0 Å². The molecule has 2 heterocycles. The third kappa shape index (κ3) is 2.55. The third-order valence-corrected chi connectivity index (χ3v) is 4.01. The van der Waals surface area contributed by atoms with Crippen LogP contribution in [-0.2, 0) is 13.0 Å². The lowest BCUT2D eigenvalue weighted by Crippen LogP contribution is -2.25. The molecule has 0 radical (unpaired) electrons. The molecule has 3 rings (SSSR count). The Morgan fingerprint density at radius 3 is 2.62 bits per heavy atom. The van der Waals surface area contributed by atoms with E-state index in [0.29, 0.717) is 0 Å². The van der Waals surface area contributed by atoms with E-state index in [0.717, 1.165) is 23.6 Å². The van der Waals surface area contributed by atoms with E-state index in [1.165, 1.54) is 0 Å². The summed E-state index contributed by atoms with van der Waals surface area (Å²) >= 11 is 0. The van der Waals surface area contributed by atoms with Gasteiger partial charge < -0.3 is 20.0 Å². The van der Waals surface area contributed by atoms with Crippen LogP contribution in [0.2, 0.25) is 0 Å². The molecule has 1 aromatic carbocycles. The summed E-state index contributed by atoms with van der Waals surface area (Å²) in [7, 11) is 0. The predicted molar refractivity (Wildman–Crippen MR) is 86.0 cm³/mol. The molecule has 24 heavy (non-hydrogen) atoms. The Labute approximate surface area is 138 Å². The first-order valence-electron chi connectivity index (χ1n) is 7.53. The normalized spacial score (nSPS) is 16.3. The van der Waals surface area contributed by atoms with Crippen LogP contribution < -0.4 is 15.9 Å². The number of benzene rings is 1. The SMILES string of the molecule is CCc1ccc(C2C(C#N)=C(N)Oc3c2oc(CO)cc3=O)cc1. The van der Waals surface area contributed by atoms with Crippen LogP contribution in [0, 0.1) is 11.3 Å². The van der Waals surface area contributed by atoms with Crippen LogP contribution in [0.1, 0.15) is 35.5 Å². The molecule has 0 fully saturated rings. The van der Waals surface area contributed by atoms with Crippen molar-refractivity contribution in [2.45, 2.75) is 25.9 Å². The number of nitriles is 1. The monoisotopic (exact) mass is 324 g/mol. The number of fused-ring (bicyclic) bond motifs is 1. The van der Waals surface area contributed by atoms with Crippen molar-refractivity contribution in [3.63, 3.8) is 0 Å². The summed E-state index contributed by atoms with van der Waals surface area (Å²) in [5, 5.41) is 18.8. The molecule has 2 aromatic rings. The zero-order valence-corrected chi connectivity index (χ0v) is 13.1. The van der Waals surface area contributed by atoms with Crippen molar-refractivity contribution in [3.8, 4) is 11.8 Å². The molecule has 0 amide bonds. The fourth-order valence-corrected chi connectivity index (χ4v) is 2.74. The van der Waals surface area contributed by atoms with E-state index >= 15 is 0 Å². The third-order valence-electron chi connectivity index (χ3n) is 4.01. The molecule has 1 aliphatic rings. The van der Waals surface area contributed by atoms with Gasteiger partial charge in [-0.15, -0.1) is 0 Å². The molecule has 6 nitrogen and oxygen atoms in total. The van der Waals surface area contributed by atoms with Gasteiger partial charge in [-0.25, -0.2) is 0 Å². The van der Waals surface area contributed by atoms with Gasteiger partial charge in [0.2, 0.25) is 17.1 Å². The molecule has 0 saturated carbocycles. The van der Waals surface area contributed by atoms with Crippen LogP contribution >= 0.6 is 0 Å². The van der Waals surface area contributed by atoms with E-state index in [2.05, 4.69) is 0 Å². The average Bonchev–Trinajstić information content (AvgIpc) is 2.61. The highest BCUT2D eigenvalue weighted by Crippen LogP contribution is 2.40. The first-order valence-corrected chi connectivity index (χ1v) is 7.53. The predicted octanol–water partition coefficient (Wildman–Crippen LogP) is 1.91. The second-order valence-electron chi connectivity index (χ2n) is 5.45. The highest BCUT2D eigenvalue weighted by Gasteiger charge is 2.35. The fourth-order valence-electron chi connectivity index (χ4n) is 2.74. The van der Waals surface area contributed by atoms with Gasteiger partial charge in [0.05, 0.1) is 5.92 Å². The Balaban J connectivity index is 2.24. The van der Waals surface area contributed by atoms with Crippen LogP contribution in [0.5, 0.6) is 5.75 Å². The lowest BCUT2D eigenvalue weighted by Gasteiger charge is -2.24. The Morgan fingerprint density at radius 2 is 2.04 bits per heavy atom. The van der Waals surface area contributed by atoms with Gasteiger partial charge >= 0.3 is 0 Å². The highest BCUT2D eigenvalue weighted by molar-refractivity contribution is 5.52. The molecule has 1 unspecified atom stereocenters. The van der Waals surface area contributed by atoms with Crippen molar-refractivity contribution in [2.24, 2.45) is 5.73 Å². The minimum Gasteiger partial charge on any atom is -0.458 e. The van der Waals surface area contributed by atoms with E-state index in [9.17, 15) is 15.2 Å². The molecular weight excluding hydrogens is 308 g/mol. The lowest BCUT2D eigenvalue weighted by molar-refractivity contribution is 0.231. The number of ether oxygens (including phenoxy) is 1. The Bertz CT molecular complexity index is 904. The largest absolute Gasteiger partial charge is 0.458 e. The summed E-state index contributed by atoms with van der Waals surface area (Å²) in [4.78, 5) is 12.2. The molecular formula is C18H16N2O4. The van der Waals surface area contributed by atoms with Gasteiger partial charge in [-0.1, -0.05) is 31.2 Å². The number of nitrogens with zero attached hydrogens (tertiary/aromatic N) is 1. The van der Waals surface area contributed by atoms with Crippen molar-refractivity contribution in [3.05, 3.63) is 74.7 Å². The molecule has 122 valence electrons. The number of nitrogens with two attached hydrogens (primary N) is 1. The number of hydrogen-bond donors (Lipinski definition) is 2. The van der Waals surface area contributed by atoms with Gasteiger partial charge in [0.25, 0.3) is 0 Å². The minimum absolute atomic E-state index is 0.0479. The average molecular weight is 324 g/mol. The number of allylic oxidation sites excluding steroid dienone is 1. The molecule has 6 heteroatoms. The van der Waals surface area contributed by atoms with Gasteiger partial charge in [-0.3, -0.25) is 4.79 Å². The maximum Gasteiger partial charge on any atom is 0.228 e. The summed E-state index contributed by atoms with van der Waals surface area (Å²) in [6.45, 7) is 1.62. The summed E-state index contributed by atoms with van der Waals surface area (Å²) in [6, 6.07) is 10.8. The van der Waals surface area contributed by atoms with E-state index in [4.69, 9.17) is 14.9 Å². The van der Waals surface area contributed by atoms with E-state index in [1.54, 1.807) is 0 Å². The number of aliphatic hydroxyl groups excluding tert-OH is 1. The minimum atomic E-state index is -0.649. The molecule has 0 spiro atoms. The Hall–Kier alpha value is -3.04. The molecule has 3 N–H and O–H groups in total. The molecule has 1 aliphatic heterocycles. The van der Waals surface area contributed by atoms with Crippen molar-refractivity contribution in [1.29, 1.82) is 5.26 Å². The topological polar surface area (TPSA) is 109 Å². The number of aliphatic hydroxyl groups is 1. The van der Waals surface area contributed by atoms with Crippen LogP contribution in [-0.4, -0.2) is 5.11 Å². The Kier molecular flexibility index (Phi) is 4.11. The maximum absolute atomic E-state index is 12.2. The highest BCUT2D eigenvalue weighted by atomic mass is 16.5. The summed E-state index contributed by atoms with van der Waals surface area (Å²) in [6.07, 6.45) is 0.886. The quantitative estimate of drug-likeness (QED) is 0.892.